The molecule has 2 amide bonds. The number of imidazole rings is 2. The van der Waals surface area contributed by atoms with Gasteiger partial charge in [-0.15, -0.1) is 0 Å². The molecule has 0 bridgehead atoms. The third kappa shape index (κ3) is 6.59. The first-order valence-electron chi connectivity index (χ1n) is 12.7. The highest BCUT2D eigenvalue weighted by Crippen LogP contribution is 2.28. The summed E-state index contributed by atoms with van der Waals surface area (Å²) in [7, 11) is 0. The van der Waals surface area contributed by atoms with Crippen LogP contribution in [0.2, 0.25) is 0 Å². The van der Waals surface area contributed by atoms with E-state index in [1.54, 1.807) is 0 Å². The van der Waals surface area contributed by atoms with Crippen molar-refractivity contribution in [2.75, 3.05) is 26.3 Å². The number of ether oxygens (including phenoxy) is 2. The smallest absolute Gasteiger partial charge is 0.404 e. The van der Waals surface area contributed by atoms with Crippen molar-refractivity contribution in [2.24, 2.45) is 0 Å². The molecular weight excluding hydrogens is 516 g/mol. The number of rotatable bonds is 12. The Bertz CT molecular complexity index is 1510. The maximum Gasteiger partial charge on any atom is 0.404 e. The van der Waals surface area contributed by atoms with Crippen LogP contribution in [0.15, 0.2) is 60.7 Å². The summed E-state index contributed by atoms with van der Waals surface area (Å²) >= 11 is 0. The summed E-state index contributed by atoms with van der Waals surface area (Å²) < 4.78 is 11.4. The fraction of sp³-hybridized carbons (Fsp3) is 0.214. The minimum atomic E-state index is -1.04. The van der Waals surface area contributed by atoms with E-state index in [9.17, 15) is 9.59 Å². The lowest BCUT2D eigenvalue weighted by molar-refractivity contribution is 0.192. The summed E-state index contributed by atoms with van der Waals surface area (Å²) in [5, 5.41) is 21.9. The predicted octanol–water partition coefficient (Wildman–Crippen LogP) is 4.85. The molecule has 206 valence electrons. The van der Waals surface area contributed by atoms with Crippen LogP contribution in [0.25, 0.3) is 44.8 Å². The maximum atomic E-state index is 10.5. The molecule has 0 atom stereocenters. The highest BCUT2D eigenvalue weighted by atomic mass is 16.5. The molecule has 0 fully saturated rings. The third-order valence-corrected chi connectivity index (χ3v) is 6.07. The van der Waals surface area contributed by atoms with Crippen molar-refractivity contribution in [1.29, 1.82) is 0 Å². The van der Waals surface area contributed by atoms with E-state index < -0.39 is 12.2 Å². The first-order valence-corrected chi connectivity index (χ1v) is 12.7. The number of aromatic nitrogens is 4. The number of fused-ring (bicyclic) bond motifs is 2. The molecule has 0 radical (unpaired) electrons. The molecule has 0 aliphatic heterocycles. The van der Waals surface area contributed by atoms with Gasteiger partial charge in [-0.25, -0.2) is 19.6 Å². The van der Waals surface area contributed by atoms with Crippen LogP contribution >= 0.6 is 0 Å². The lowest BCUT2D eigenvalue weighted by Gasteiger charge is -2.05. The van der Waals surface area contributed by atoms with Crippen LogP contribution in [0.3, 0.4) is 0 Å². The molecule has 12 nitrogen and oxygen atoms in total. The molecule has 5 rings (SSSR count). The van der Waals surface area contributed by atoms with E-state index in [1.165, 1.54) is 0 Å². The number of nitrogens with one attached hydrogen (secondary N) is 4. The Kier molecular flexibility index (Phi) is 7.95. The van der Waals surface area contributed by atoms with Gasteiger partial charge >= 0.3 is 12.2 Å². The van der Waals surface area contributed by atoms with Crippen molar-refractivity contribution in [3.05, 3.63) is 60.7 Å². The molecular formula is C28H28N6O6. The second-order valence-corrected chi connectivity index (χ2v) is 8.97. The Morgan fingerprint density at radius 3 is 1.50 bits per heavy atom. The van der Waals surface area contributed by atoms with Gasteiger partial charge in [0.2, 0.25) is 0 Å². The van der Waals surface area contributed by atoms with Crippen molar-refractivity contribution in [3.8, 4) is 34.3 Å². The highest BCUT2D eigenvalue weighted by Gasteiger charge is 2.10. The Hall–Kier alpha value is -5.26. The average molecular weight is 545 g/mol. The van der Waals surface area contributed by atoms with Crippen LogP contribution in [-0.2, 0) is 0 Å². The Labute approximate surface area is 228 Å². The van der Waals surface area contributed by atoms with Crippen LogP contribution in [0, 0.1) is 0 Å². The molecule has 2 heterocycles. The number of aromatic amines is 2. The largest absolute Gasteiger partial charge is 0.493 e. The van der Waals surface area contributed by atoms with Gasteiger partial charge in [-0.3, -0.25) is 0 Å². The van der Waals surface area contributed by atoms with Crippen molar-refractivity contribution < 1.29 is 29.3 Å². The summed E-state index contributed by atoms with van der Waals surface area (Å²) in [6.45, 7) is 1.47. The highest BCUT2D eigenvalue weighted by molar-refractivity contribution is 5.82. The van der Waals surface area contributed by atoms with Gasteiger partial charge in [0.05, 0.1) is 35.3 Å². The van der Waals surface area contributed by atoms with E-state index in [-0.39, 0.29) is 0 Å². The topological polar surface area (TPSA) is 174 Å². The van der Waals surface area contributed by atoms with Crippen molar-refractivity contribution in [2.45, 2.75) is 12.8 Å². The molecule has 40 heavy (non-hydrogen) atoms. The summed E-state index contributed by atoms with van der Waals surface area (Å²) in [5.41, 5.74) is 5.15. The SMILES string of the molecule is O=C(O)NCCCOc1ccc2nc(-c3ccc(-c4nc5ccc(OCCCNC(=O)O)cc5[nH]4)cc3)[nH]c2c1. The summed E-state index contributed by atoms with van der Waals surface area (Å²) in [6.07, 6.45) is -0.948. The van der Waals surface area contributed by atoms with Gasteiger partial charge in [-0.1, -0.05) is 24.3 Å². The van der Waals surface area contributed by atoms with Gasteiger partial charge < -0.3 is 40.3 Å². The van der Waals surface area contributed by atoms with Crippen molar-refractivity contribution in [3.63, 3.8) is 0 Å². The molecule has 0 unspecified atom stereocenters. The van der Waals surface area contributed by atoms with Crippen LogP contribution in [0.4, 0.5) is 9.59 Å². The van der Waals surface area contributed by atoms with Gasteiger partial charge in [-0.05, 0) is 37.1 Å². The minimum Gasteiger partial charge on any atom is -0.493 e. The van der Waals surface area contributed by atoms with Gasteiger partial charge in [0.25, 0.3) is 0 Å². The minimum absolute atomic E-state index is 0.334. The summed E-state index contributed by atoms with van der Waals surface area (Å²) in [6, 6.07) is 19.1. The maximum absolute atomic E-state index is 10.5. The number of hydrogen-bond acceptors (Lipinski definition) is 6. The van der Waals surface area contributed by atoms with Gasteiger partial charge in [-0.2, -0.15) is 0 Å². The molecule has 6 N–H and O–H groups in total. The van der Waals surface area contributed by atoms with Crippen molar-refractivity contribution in [1.82, 2.24) is 30.6 Å². The fourth-order valence-corrected chi connectivity index (χ4v) is 4.13. The molecule has 0 saturated heterocycles. The van der Waals surface area contributed by atoms with E-state index in [1.807, 2.05) is 60.7 Å². The Morgan fingerprint density at radius 2 is 1.10 bits per heavy atom. The van der Waals surface area contributed by atoms with Gasteiger partial charge in [0.1, 0.15) is 23.1 Å². The quantitative estimate of drug-likeness (QED) is 0.121. The predicted molar refractivity (Wildman–Crippen MR) is 149 cm³/mol. The summed E-state index contributed by atoms with van der Waals surface area (Å²) in [4.78, 5) is 37.1. The second-order valence-electron chi connectivity index (χ2n) is 8.97. The average Bonchev–Trinajstić information content (AvgIpc) is 3.56. The molecule has 12 heteroatoms. The lowest BCUT2D eigenvalue weighted by Crippen LogP contribution is -2.23. The first-order chi connectivity index (χ1) is 19.4. The zero-order valence-corrected chi connectivity index (χ0v) is 21.4. The number of hydrogen-bond donors (Lipinski definition) is 6. The molecule has 0 aliphatic carbocycles. The number of benzene rings is 3. The van der Waals surface area contributed by atoms with E-state index in [0.717, 1.165) is 44.8 Å². The fourth-order valence-electron chi connectivity index (χ4n) is 4.13. The standard InChI is InChI=1S/C28H28N6O6/c35-27(36)29-11-1-13-39-19-7-9-21-23(15-19)33-25(31-21)17-3-5-18(6-4-17)26-32-22-10-8-20(16-24(22)34-26)40-14-2-12-30-28(37)38/h3-10,15-16,29-30H,1-2,11-14H2,(H,31,33)(H,32,34)(H,35,36)(H,37,38). The van der Waals surface area contributed by atoms with E-state index in [0.29, 0.717) is 50.6 Å². The van der Waals surface area contributed by atoms with Gasteiger partial charge in [0, 0.05) is 36.3 Å². The zero-order valence-electron chi connectivity index (χ0n) is 21.4. The second kappa shape index (κ2) is 12.1. The number of carboxylic acid groups (broad SMARTS) is 2. The number of nitrogens with zero attached hydrogens (tertiary/aromatic N) is 2. The molecule has 0 aliphatic rings. The van der Waals surface area contributed by atoms with E-state index in [4.69, 9.17) is 19.7 Å². The molecule has 5 aromatic rings. The Balaban J connectivity index is 1.22. The van der Waals surface area contributed by atoms with Gasteiger partial charge in [0.15, 0.2) is 0 Å². The van der Waals surface area contributed by atoms with E-state index >= 15 is 0 Å². The zero-order chi connectivity index (χ0) is 27.9. The van der Waals surface area contributed by atoms with E-state index in [2.05, 4.69) is 30.6 Å². The normalized spacial score (nSPS) is 11.0. The Morgan fingerprint density at radius 1 is 0.675 bits per heavy atom. The first kappa shape index (κ1) is 26.4. The van der Waals surface area contributed by atoms with Crippen molar-refractivity contribution >= 4 is 34.3 Å². The van der Waals surface area contributed by atoms with Crippen LogP contribution in [0.5, 0.6) is 11.5 Å². The summed E-state index contributed by atoms with van der Waals surface area (Å²) in [5.74, 6) is 2.83. The third-order valence-electron chi connectivity index (χ3n) is 6.07. The van der Waals surface area contributed by atoms with Crippen LogP contribution < -0.4 is 20.1 Å². The monoisotopic (exact) mass is 544 g/mol. The van der Waals surface area contributed by atoms with Crippen LogP contribution in [0.1, 0.15) is 12.8 Å². The molecule has 3 aromatic carbocycles. The molecule has 0 saturated carbocycles. The lowest BCUT2D eigenvalue weighted by atomic mass is 10.1. The number of H-pyrrole nitrogens is 2. The molecule has 0 spiro atoms. The number of amides is 2. The molecule has 2 aromatic heterocycles. The number of carbonyl (C=O) groups is 2. The van der Waals surface area contributed by atoms with Crippen LogP contribution in [-0.4, -0.2) is 68.6 Å².